The maximum atomic E-state index is 13.3. The largest absolute Gasteiger partial charge is 0.383 e. The second-order valence-electron chi connectivity index (χ2n) is 5.78. The number of rotatable bonds is 8. The van der Waals surface area contributed by atoms with Gasteiger partial charge in [-0.1, -0.05) is 6.07 Å². The fourth-order valence-electron chi connectivity index (χ4n) is 2.29. The Labute approximate surface area is 156 Å². The Hall–Kier alpha value is -2.36. The molecule has 0 fully saturated rings. The summed E-state index contributed by atoms with van der Waals surface area (Å²) in [6.07, 6.45) is 0. The third kappa shape index (κ3) is 5.56. The van der Waals surface area contributed by atoms with Crippen molar-refractivity contribution < 1.29 is 26.7 Å². The van der Waals surface area contributed by atoms with E-state index in [0.717, 1.165) is 12.1 Å². The number of methoxy groups -OCH3 is 1. The summed E-state index contributed by atoms with van der Waals surface area (Å²) in [6, 6.07) is 8.19. The minimum absolute atomic E-state index is 0.0174. The summed E-state index contributed by atoms with van der Waals surface area (Å²) in [7, 11) is -2.23. The lowest BCUT2D eigenvalue weighted by Crippen LogP contribution is -2.28. The summed E-state index contributed by atoms with van der Waals surface area (Å²) in [4.78, 5) is 12.3. The van der Waals surface area contributed by atoms with Crippen molar-refractivity contribution in [2.75, 3.05) is 20.3 Å². The third-order valence-electron chi connectivity index (χ3n) is 3.82. The highest BCUT2D eigenvalue weighted by Gasteiger charge is 2.16. The molecule has 0 spiro atoms. The Balaban J connectivity index is 2.05. The van der Waals surface area contributed by atoms with Gasteiger partial charge in [0.25, 0.3) is 5.91 Å². The second-order valence-corrected chi connectivity index (χ2v) is 7.55. The molecule has 1 amide bonds. The molecule has 2 rings (SSSR count). The first kappa shape index (κ1) is 20.9. The minimum atomic E-state index is -3.69. The van der Waals surface area contributed by atoms with Crippen LogP contribution in [0, 0.1) is 11.6 Å². The fraction of sp³-hybridized carbons (Fsp3) is 0.278. The minimum Gasteiger partial charge on any atom is -0.383 e. The molecule has 0 aliphatic carbocycles. The van der Waals surface area contributed by atoms with E-state index in [-0.39, 0.29) is 23.6 Å². The fourth-order valence-corrected chi connectivity index (χ4v) is 3.31. The van der Waals surface area contributed by atoms with E-state index < -0.39 is 33.6 Å². The molecule has 9 heteroatoms. The first-order valence-corrected chi connectivity index (χ1v) is 9.57. The van der Waals surface area contributed by atoms with E-state index in [1.165, 1.54) is 37.4 Å². The molecule has 2 aromatic rings. The van der Waals surface area contributed by atoms with Crippen LogP contribution in [-0.2, 0) is 14.8 Å². The molecule has 27 heavy (non-hydrogen) atoms. The molecule has 0 radical (unpaired) electrons. The van der Waals surface area contributed by atoms with E-state index in [2.05, 4.69) is 10.0 Å². The van der Waals surface area contributed by atoms with Gasteiger partial charge >= 0.3 is 0 Å². The van der Waals surface area contributed by atoms with E-state index in [0.29, 0.717) is 5.56 Å². The molecule has 6 nitrogen and oxygen atoms in total. The topological polar surface area (TPSA) is 84.5 Å². The van der Waals surface area contributed by atoms with Crippen LogP contribution in [0.5, 0.6) is 0 Å². The SMILES string of the molecule is COCCNS(=O)(=O)c1ccc(C(=O)NC(C)c2ccc(F)c(F)c2)cc1. The molecule has 2 N–H and O–H groups in total. The number of nitrogens with one attached hydrogen (secondary N) is 2. The van der Waals surface area contributed by atoms with E-state index in [1.54, 1.807) is 6.92 Å². The number of halogens is 2. The van der Waals surface area contributed by atoms with Crippen molar-refractivity contribution in [2.24, 2.45) is 0 Å². The van der Waals surface area contributed by atoms with Gasteiger partial charge in [0.05, 0.1) is 17.5 Å². The van der Waals surface area contributed by atoms with Gasteiger partial charge in [-0.2, -0.15) is 0 Å². The van der Waals surface area contributed by atoms with Gasteiger partial charge in [0.1, 0.15) is 0 Å². The smallest absolute Gasteiger partial charge is 0.251 e. The second kappa shape index (κ2) is 9.03. The van der Waals surface area contributed by atoms with Crippen LogP contribution in [0.1, 0.15) is 28.9 Å². The number of carbonyl (C=O) groups excluding carboxylic acids is 1. The summed E-state index contributed by atoms with van der Waals surface area (Å²) in [5.74, 6) is -2.43. The van der Waals surface area contributed by atoms with Gasteiger partial charge in [0, 0.05) is 19.2 Å². The quantitative estimate of drug-likeness (QED) is 0.669. The monoisotopic (exact) mass is 398 g/mol. The maximum Gasteiger partial charge on any atom is 0.251 e. The van der Waals surface area contributed by atoms with Gasteiger partial charge in [-0.3, -0.25) is 4.79 Å². The van der Waals surface area contributed by atoms with Crippen molar-refractivity contribution in [1.82, 2.24) is 10.0 Å². The molecule has 0 aliphatic heterocycles. The van der Waals surface area contributed by atoms with Crippen molar-refractivity contribution >= 4 is 15.9 Å². The Morgan fingerprint density at radius 1 is 1.11 bits per heavy atom. The van der Waals surface area contributed by atoms with E-state index in [4.69, 9.17) is 4.74 Å². The molecule has 0 heterocycles. The van der Waals surface area contributed by atoms with Crippen molar-refractivity contribution in [3.63, 3.8) is 0 Å². The first-order chi connectivity index (χ1) is 12.7. The molecule has 0 saturated heterocycles. The molecule has 0 aromatic heterocycles. The lowest BCUT2D eigenvalue weighted by molar-refractivity contribution is 0.0939. The van der Waals surface area contributed by atoms with Gasteiger partial charge in [0.2, 0.25) is 10.0 Å². The number of carbonyl (C=O) groups is 1. The van der Waals surface area contributed by atoms with Crippen LogP contribution in [0.15, 0.2) is 47.4 Å². The zero-order chi connectivity index (χ0) is 20.0. The summed E-state index contributed by atoms with van der Waals surface area (Å²) >= 11 is 0. The number of ether oxygens (including phenoxy) is 1. The molecule has 0 bridgehead atoms. The summed E-state index contributed by atoms with van der Waals surface area (Å²) in [5.41, 5.74) is 0.643. The van der Waals surface area contributed by atoms with E-state index in [1.807, 2.05) is 0 Å². The van der Waals surface area contributed by atoms with Crippen molar-refractivity contribution in [3.8, 4) is 0 Å². The Morgan fingerprint density at radius 2 is 1.78 bits per heavy atom. The lowest BCUT2D eigenvalue weighted by atomic mass is 10.1. The van der Waals surface area contributed by atoms with Gasteiger partial charge in [-0.25, -0.2) is 21.9 Å². The number of sulfonamides is 1. The number of hydrogen-bond acceptors (Lipinski definition) is 4. The molecule has 1 atom stereocenters. The van der Waals surface area contributed by atoms with Gasteiger partial charge in [0.15, 0.2) is 11.6 Å². The molecule has 0 saturated carbocycles. The molecule has 146 valence electrons. The maximum absolute atomic E-state index is 13.3. The first-order valence-electron chi connectivity index (χ1n) is 8.09. The normalized spacial score (nSPS) is 12.6. The van der Waals surface area contributed by atoms with Crippen LogP contribution in [-0.4, -0.2) is 34.6 Å². The zero-order valence-corrected chi connectivity index (χ0v) is 15.6. The summed E-state index contributed by atoms with van der Waals surface area (Å²) in [6.45, 7) is 2.00. The van der Waals surface area contributed by atoms with Gasteiger partial charge in [-0.15, -0.1) is 0 Å². The zero-order valence-electron chi connectivity index (χ0n) is 14.8. The molecule has 2 aromatic carbocycles. The lowest BCUT2D eigenvalue weighted by Gasteiger charge is -2.15. The highest BCUT2D eigenvalue weighted by Crippen LogP contribution is 2.17. The molecular weight excluding hydrogens is 378 g/mol. The predicted octanol–water partition coefficient (Wildman–Crippen LogP) is 2.38. The van der Waals surface area contributed by atoms with Crippen LogP contribution >= 0.6 is 0 Å². The van der Waals surface area contributed by atoms with E-state index >= 15 is 0 Å². The average molecular weight is 398 g/mol. The van der Waals surface area contributed by atoms with Crippen LogP contribution in [0.4, 0.5) is 8.78 Å². The Kier molecular flexibility index (Phi) is 7.00. The van der Waals surface area contributed by atoms with Crippen LogP contribution in [0.3, 0.4) is 0 Å². The van der Waals surface area contributed by atoms with Crippen LogP contribution in [0.25, 0.3) is 0 Å². The molecule has 1 unspecified atom stereocenters. The Bertz CT molecular complexity index is 902. The highest BCUT2D eigenvalue weighted by molar-refractivity contribution is 7.89. The standard InChI is InChI=1S/C18H20F2N2O4S/c1-12(14-5-8-16(19)17(20)11-14)22-18(23)13-3-6-15(7-4-13)27(24,25)21-9-10-26-2/h3-8,11-12,21H,9-10H2,1-2H3,(H,22,23). The number of hydrogen-bond donors (Lipinski definition) is 2. The van der Waals surface area contributed by atoms with Crippen LogP contribution in [0.2, 0.25) is 0 Å². The van der Waals surface area contributed by atoms with Gasteiger partial charge < -0.3 is 10.1 Å². The predicted molar refractivity (Wildman–Crippen MR) is 95.7 cm³/mol. The van der Waals surface area contributed by atoms with Crippen molar-refractivity contribution in [2.45, 2.75) is 17.9 Å². The number of amides is 1. The average Bonchev–Trinajstić information content (AvgIpc) is 2.64. The van der Waals surface area contributed by atoms with Crippen molar-refractivity contribution in [3.05, 3.63) is 65.2 Å². The molecule has 0 aliphatic rings. The number of benzene rings is 2. The van der Waals surface area contributed by atoms with E-state index in [9.17, 15) is 22.0 Å². The van der Waals surface area contributed by atoms with Crippen molar-refractivity contribution in [1.29, 1.82) is 0 Å². The summed E-state index contributed by atoms with van der Waals surface area (Å²) in [5, 5.41) is 2.65. The Morgan fingerprint density at radius 3 is 2.37 bits per heavy atom. The highest BCUT2D eigenvalue weighted by atomic mass is 32.2. The van der Waals surface area contributed by atoms with Gasteiger partial charge in [-0.05, 0) is 48.9 Å². The van der Waals surface area contributed by atoms with Crippen LogP contribution < -0.4 is 10.0 Å². The molecular formula is C18H20F2N2O4S. The summed E-state index contributed by atoms with van der Waals surface area (Å²) < 4.78 is 57.6. The third-order valence-corrected chi connectivity index (χ3v) is 5.29.